The number of esters is 1. The minimum Gasteiger partial charge on any atom is -0.466 e. The van der Waals surface area contributed by atoms with E-state index < -0.39 is 47.1 Å². The zero-order chi connectivity index (χ0) is 29.9. The van der Waals surface area contributed by atoms with Gasteiger partial charge in [-0.2, -0.15) is 0 Å². The summed E-state index contributed by atoms with van der Waals surface area (Å²) in [5.74, 6) is -1.32. The normalized spacial score (nSPS) is 13.0. The highest BCUT2D eigenvalue weighted by atomic mass is 16.6. The molecule has 2 rings (SSSR count). The van der Waals surface area contributed by atoms with E-state index in [4.69, 9.17) is 9.47 Å². The highest BCUT2D eigenvalue weighted by molar-refractivity contribution is 5.93. The minimum absolute atomic E-state index is 0.00137. The van der Waals surface area contributed by atoms with Crippen molar-refractivity contribution in [1.82, 2.24) is 15.5 Å². The molecule has 0 heterocycles. The van der Waals surface area contributed by atoms with Crippen LogP contribution in [0.4, 0.5) is 4.79 Å². The molecule has 2 aromatic rings. The number of rotatable bonds is 11. The number of hydrogen-bond acceptors (Lipinski definition) is 6. The number of nitrogens with zero attached hydrogens (tertiary/aromatic N) is 1. The van der Waals surface area contributed by atoms with E-state index in [0.717, 1.165) is 5.56 Å². The monoisotopic (exact) mass is 553 g/mol. The second-order valence-corrected chi connectivity index (χ2v) is 11.4. The SMILES string of the molecule is CCOC(=O)CCNC(=O)C(c1ccccc1)N(C(=O)C(Cc1ccccc1)NC(=O)OC(C)(C)C)C(C)(C)C. The summed E-state index contributed by atoms with van der Waals surface area (Å²) in [5.41, 5.74) is -0.170. The molecule has 0 aliphatic rings. The van der Waals surface area contributed by atoms with Gasteiger partial charge in [-0.05, 0) is 59.6 Å². The zero-order valence-corrected chi connectivity index (χ0v) is 24.7. The van der Waals surface area contributed by atoms with Crippen molar-refractivity contribution in [3.05, 3.63) is 71.8 Å². The molecule has 0 radical (unpaired) electrons. The van der Waals surface area contributed by atoms with Crippen LogP contribution in [0.5, 0.6) is 0 Å². The number of alkyl carbamates (subject to hydrolysis) is 1. The smallest absolute Gasteiger partial charge is 0.408 e. The van der Waals surface area contributed by atoms with Gasteiger partial charge in [-0.15, -0.1) is 0 Å². The highest BCUT2D eigenvalue weighted by Crippen LogP contribution is 2.30. The van der Waals surface area contributed by atoms with Crippen LogP contribution in [0.25, 0.3) is 0 Å². The molecule has 218 valence electrons. The number of nitrogens with one attached hydrogen (secondary N) is 2. The Morgan fingerprint density at radius 1 is 0.875 bits per heavy atom. The van der Waals surface area contributed by atoms with E-state index in [2.05, 4.69) is 10.6 Å². The van der Waals surface area contributed by atoms with E-state index in [1.807, 2.05) is 57.2 Å². The summed E-state index contributed by atoms with van der Waals surface area (Å²) in [6.07, 6.45) is -0.537. The fourth-order valence-electron chi connectivity index (χ4n) is 4.18. The summed E-state index contributed by atoms with van der Waals surface area (Å²) >= 11 is 0. The Bertz CT molecular complexity index is 1120. The van der Waals surface area contributed by atoms with Crippen LogP contribution in [-0.4, -0.2) is 59.1 Å². The number of benzene rings is 2. The predicted octanol–water partition coefficient (Wildman–Crippen LogP) is 4.56. The summed E-state index contributed by atoms with van der Waals surface area (Å²) in [4.78, 5) is 54.3. The van der Waals surface area contributed by atoms with Crippen LogP contribution < -0.4 is 10.6 Å². The largest absolute Gasteiger partial charge is 0.466 e. The van der Waals surface area contributed by atoms with Gasteiger partial charge in [-0.3, -0.25) is 14.4 Å². The van der Waals surface area contributed by atoms with Crippen LogP contribution in [0.3, 0.4) is 0 Å². The van der Waals surface area contributed by atoms with Gasteiger partial charge in [0, 0.05) is 18.5 Å². The van der Waals surface area contributed by atoms with Gasteiger partial charge < -0.3 is 25.0 Å². The maximum absolute atomic E-state index is 14.4. The van der Waals surface area contributed by atoms with E-state index in [1.54, 1.807) is 52.0 Å². The Labute approximate surface area is 237 Å². The van der Waals surface area contributed by atoms with Crippen LogP contribution in [0, 0.1) is 0 Å². The summed E-state index contributed by atoms with van der Waals surface area (Å²) in [6, 6.07) is 16.2. The Kier molecular flexibility index (Phi) is 11.7. The third kappa shape index (κ3) is 10.4. The molecule has 9 heteroatoms. The van der Waals surface area contributed by atoms with Gasteiger partial charge in [-0.25, -0.2) is 4.79 Å². The van der Waals surface area contributed by atoms with Gasteiger partial charge in [0.05, 0.1) is 13.0 Å². The van der Waals surface area contributed by atoms with Crippen molar-refractivity contribution in [3.8, 4) is 0 Å². The Morgan fingerprint density at radius 2 is 1.45 bits per heavy atom. The lowest BCUT2D eigenvalue weighted by molar-refractivity contribution is -0.149. The first-order valence-electron chi connectivity index (χ1n) is 13.6. The molecule has 0 aliphatic carbocycles. The molecule has 9 nitrogen and oxygen atoms in total. The van der Waals surface area contributed by atoms with Gasteiger partial charge in [0.15, 0.2) is 0 Å². The molecule has 0 saturated heterocycles. The molecule has 2 aromatic carbocycles. The number of carbonyl (C=O) groups is 4. The molecule has 0 saturated carbocycles. The first-order chi connectivity index (χ1) is 18.7. The molecule has 0 bridgehead atoms. The fourth-order valence-corrected chi connectivity index (χ4v) is 4.18. The summed E-state index contributed by atoms with van der Waals surface area (Å²) in [6.45, 7) is 12.7. The first kappa shape index (κ1) is 32.3. The standard InChI is InChI=1S/C31H43N3O6/c1-8-39-25(35)19-20-32-27(36)26(23-17-13-10-14-18-23)34(30(2,3)4)28(37)24(21-22-15-11-9-12-16-22)33-29(38)40-31(5,6)7/h9-18,24,26H,8,19-21H2,1-7H3,(H,32,36)(H,33,38). The van der Waals surface area contributed by atoms with E-state index in [9.17, 15) is 19.2 Å². The van der Waals surface area contributed by atoms with Crippen LogP contribution in [-0.2, 0) is 30.3 Å². The molecule has 0 aromatic heterocycles. The first-order valence-corrected chi connectivity index (χ1v) is 13.6. The Balaban J connectivity index is 2.49. The summed E-state index contributed by atoms with van der Waals surface area (Å²) in [7, 11) is 0. The fraction of sp³-hybridized carbons (Fsp3) is 0.484. The van der Waals surface area contributed by atoms with Crippen LogP contribution in [0.2, 0.25) is 0 Å². The van der Waals surface area contributed by atoms with Gasteiger partial charge in [0.25, 0.3) is 0 Å². The number of ether oxygens (including phenoxy) is 2. The van der Waals surface area contributed by atoms with Crippen molar-refractivity contribution in [3.63, 3.8) is 0 Å². The molecule has 40 heavy (non-hydrogen) atoms. The van der Waals surface area contributed by atoms with E-state index in [-0.39, 0.29) is 26.0 Å². The van der Waals surface area contributed by atoms with Crippen molar-refractivity contribution in [2.24, 2.45) is 0 Å². The number of amides is 3. The molecule has 2 N–H and O–H groups in total. The van der Waals surface area contributed by atoms with Crippen LogP contribution in [0.1, 0.15) is 72.1 Å². The third-order valence-corrected chi connectivity index (χ3v) is 5.79. The number of hydrogen-bond donors (Lipinski definition) is 2. The van der Waals surface area contributed by atoms with Crippen molar-refractivity contribution < 1.29 is 28.7 Å². The molecule has 0 spiro atoms. The van der Waals surface area contributed by atoms with Gasteiger partial charge in [0.1, 0.15) is 17.7 Å². The Morgan fingerprint density at radius 3 is 1.98 bits per heavy atom. The number of carbonyl (C=O) groups excluding carboxylic acids is 4. The molecule has 2 atom stereocenters. The third-order valence-electron chi connectivity index (χ3n) is 5.79. The predicted molar refractivity (Wildman–Crippen MR) is 153 cm³/mol. The van der Waals surface area contributed by atoms with Crippen molar-refractivity contribution in [1.29, 1.82) is 0 Å². The second kappa shape index (κ2) is 14.5. The minimum atomic E-state index is -1.03. The lowest BCUT2D eigenvalue weighted by Gasteiger charge is -2.43. The average Bonchev–Trinajstić information content (AvgIpc) is 2.86. The maximum atomic E-state index is 14.4. The molecular formula is C31H43N3O6. The van der Waals surface area contributed by atoms with Crippen LogP contribution in [0.15, 0.2) is 60.7 Å². The maximum Gasteiger partial charge on any atom is 0.408 e. The van der Waals surface area contributed by atoms with Crippen molar-refractivity contribution in [2.45, 2.75) is 84.5 Å². The van der Waals surface area contributed by atoms with Crippen LogP contribution >= 0.6 is 0 Å². The van der Waals surface area contributed by atoms with E-state index >= 15 is 0 Å². The van der Waals surface area contributed by atoms with Gasteiger partial charge in [0.2, 0.25) is 11.8 Å². The molecule has 3 amide bonds. The second-order valence-electron chi connectivity index (χ2n) is 11.4. The topological polar surface area (TPSA) is 114 Å². The highest BCUT2D eigenvalue weighted by Gasteiger charge is 2.41. The van der Waals surface area contributed by atoms with Crippen molar-refractivity contribution >= 4 is 23.9 Å². The average molecular weight is 554 g/mol. The zero-order valence-electron chi connectivity index (χ0n) is 24.7. The lowest BCUT2D eigenvalue weighted by atomic mass is 9.94. The molecular weight excluding hydrogens is 510 g/mol. The molecule has 2 unspecified atom stereocenters. The van der Waals surface area contributed by atoms with E-state index in [0.29, 0.717) is 5.56 Å². The molecule has 0 aliphatic heterocycles. The van der Waals surface area contributed by atoms with Gasteiger partial charge in [-0.1, -0.05) is 60.7 Å². The van der Waals surface area contributed by atoms with Gasteiger partial charge >= 0.3 is 12.1 Å². The quantitative estimate of drug-likeness (QED) is 0.395. The lowest BCUT2D eigenvalue weighted by Crippen LogP contribution is -2.59. The van der Waals surface area contributed by atoms with Crippen molar-refractivity contribution in [2.75, 3.05) is 13.2 Å². The summed E-state index contributed by atoms with van der Waals surface area (Å²) in [5, 5.41) is 5.54. The summed E-state index contributed by atoms with van der Waals surface area (Å²) < 4.78 is 10.4. The Hall–Kier alpha value is -3.88. The van der Waals surface area contributed by atoms with E-state index in [1.165, 1.54) is 4.90 Å². The molecule has 0 fully saturated rings.